The molecule has 4 aromatic rings. The van der Waals surface area contributed by atoms with E-state index in [-0.39, 0.29) is 17.3 Å². The lowest BCUT2D eigenvalue weighted by molar-refractivity contribution is 0.447. The van der Waals surface area contributed by atoms with Crippen molar-refractivity contribution in [2.75, 3.05) is 0 Å². The number of hydrogen-bond donors (Lipinski definition) is 3. The molecule has 0 saturated heterocycles. The van der Waals surface area contributed by atoms with E-state index in [0.29, 0.717) is 23.2 Å². The highest BCUT2D eigenvalue weighted by atomic mass is 16.3. The molecule has 136 valence electrons. The SMILES string of the molecule is CCc1cc(-c2n[nH]c(=O)n2-c2cccc(-n3cccc3)c2)c(O)cc1O. The molecule has 0 bridgehead atoms. The summed E-state index contributed by atoms with van der Waals surface area (Å²) < 4.78 is 3.33. The Kier molecular flexibility index (Phi) is 4.04. The number of aromatic hydroxyl groups is 2. The lowest BCUT2D eigenvalue weighted by atomic mass is 10.1. The molecule has 0 aliphatic carbocycles. The lowest BCUT2D eigenvalue weighted by Gasteiger charge is -2.11. The number of benzene rings is 2. The molecular weight excluding hydrogens is 344 g/mol. The number of phenols is 2. The molecule has 0 amide bonds. The van der Waals surface area contributed by atoms with Crippen LogP contribution in [0.4, 0.5) is 0 Å². The van der Waals surface area contributed by atoms with Crippen molar-refractivity contribution in [3.63, 3.8) is 0 Å². The zero-order chi connectivity index (χ0) is 19.0. The van der Waals surface area contributed by atoms with Gasteiger partial charge in [0.15, 0.2) is 5.82 Å². The summed E-state index contributed by atoms with van der Waals surface area (Å²) in [7, 11) is 0. The first-order chi connectivity index (χ1) is 13.1. The number of hydrogen-bond acceptors (Lipinski definition) is 4. The van der Waals surface area contributed by atoms with Gasteiger partial charge in [0.25, 0.3) is 0 Å². The first-order valence-electron chi connectivity index (χ1n) is 8.55. The van der Waals surface area contributed by atoms with Crippen molar-refractivity contribution in [3.05, 3.63) is 77.0 Å². The maximum atomic E-state index is 12.5. The van der Waals surface area contributed by atoms with Crippen LogP contribution in [0.25, 0.3) is 22.8 Å². The number of aryl methyl sites for hydroxylation is 1. The molecule has 0 radical (unpaired) electrons. The largest absolute Gasteiger partial charge is 0.508 e. The summed E-state index contributed by atoms with van der Waals surface area (Å²) in [6.45, 7) is 1.90. The van der Waals surface area contributed by atoms with Gasteiger partial charge < -0.3 is 14.8 Å². The normalized spacial score (nSPS) is 11.0. The Hall–Kier alpha value is -3.74. The number of aromatic nitrogens is 4. The van der Waals surface area contributed by atoms with Crippen molar-refractivity contribution in [2.45, 2.75) is 13.3 Å². The zero-order valence-electron chi connectivity index (χ0n) is 14.6. The monoisotopic (exact) mass is 362 g/mol. The second-order valence-corrected chi connectivity index (χ2v) is 6.15. The van der Waals surface area contributed by atoms with E-state index < -0.39 is 5.69 Å². The molecule has 2 aromatic carbocycles. The highest BCUT2D eigenvalue weighted by Gasteiger charge is 2.18. The maximum absolute atomic E-state index is 12.5. The first-order valence-corrected chi connectivity index (χ1v) is 8.55. The summed E-state index contributed by atoms with van der Waals surface area (Å²) in [6, 6.07) is 14.2. The first kappa shape index (κ1) is 16.7. The fourth-order valence-electron chi connectivity index (χ4n) is 3.10. The zero-order valence-corrected chi connectivity index (χ0v) is 14.6. The Morgan fingerprint density at radius 2 is 1.74 bits per heavy atom. The van der Waals surface area contributed by atoms with Crippen LogP contribution < -0.4 is 5.69 Å². The van der Waals surface area contributed by atoms with Crippen LogP contribution in [0.1, 0.15) is 12.5 Å². The topological polar surface area (TPSA) is 96.1 Å². The minimum atomic E-state index is -0.417. The van der Waals surface area contributed by atoms with E-state index in [1.807, 2.05) is 54.2 Å². The molecule has 27 heavy (non-hydrogen) atoms. The van der Waals surface area contributed by atoms with Crippen molar-refractivity contribution >= 4 is 0 Å². The van der Waals surface area contributed by atoms with Gasteiger partial charge in [-0.3, -0.25) is 0 Å². The van der Waals surface area contributed by atoms with Crippen LogP contribution in [0.2, 0.25) is 0 Å². The van der Waals surface area contributed by atoms with E-state index >= 15 is 0 Å². The van der Waals surface area contributed by atoms with E-state index in [2.05, 4.69) is 10.2 Å². The number of phenolic OH excluding ortho intramolecular Hbond substituents is 2. The highest BCUT2D eigenvalue weighted by Crippen LogP contribution is 2.34. The fourth-order valence-corrected chi connectivity index (χ4v) is 3.10. The van der Waals surface area contributed by atoms with Crippen molar-refractivity contribution in [1.82, 2.24) is 19.3 Å². The Labute approximate surface area is 154 Å². The molecule has 0 aliphatic heterocycles. The van der Waals surface area contributed by atoms with Crippen LogP contribution in [0, 0.1) is 0 Å². The van der Waals surface area contributed by atoms with Gasteiger partial charge in [-0.05, 0) is 48.4 Å². The third-order valence-corrected chi connectivity index (χ3v) is 4.48. The van der Waals surface area contributed by atoms with Crippen molar-refractivity contribution in [2.24, 2.45) is 0 Å². The molecular formula is C20H18N4O3. The summed E-state index contributed by atoms with van der Waals surface area (Å²) in [5.74, 6) is 0.140. The number of nitrogens with one attached hydrogen (secondary N) is 1. The Bertz CT molecular complexity index is 1160. The van der Waals surface area contributed by atoms with Crippen LogP contribution in [-0.2, 0) is 6.42 Å². The highest BCUT2D eigenvalue weighted by molar-refractivity contribution is 5.69. The average Bonchev–Trinajstić information content (AvgIpc) is 3.32. The van der Waals surface area contributed by atoms with Gasteiger partial charge in [-0.2, -0.15) is 5.10 Å². The summed E-state index contributed by atoms with van der Waals surface area (Å²) in [5.41, 5.74) is 2.11. The van der Waals surface area contributed by atoms with Crippen LogP contribution in [0.5, 0.6) is 11.5 Å². The number of aromatic amines is 1. The van der Waals surface area contributed by atoms with E-state index in [0.717, 1.165) is 5.69 Å². The molecule has 0 fully saturated rings. The molecule has 0 saturated carbocycles. The third-order valence-electron chi connectivity index (χ3n) is 4.48. The van der Waals surface area contributed by atoms with E-state index in [1.54, 1.807) is 12.1 Å². The van der Waals surface area contributed by atoms with Crippen molar-refractivity contribution in [1.29, 1.82) is 0 Å². The van der Waals surface area contributed by atoms with Crippen LogP contribution in [-0.4, -0.2) is 29.5 Å². The van der Waals surface area contributed by atoms with E-state index in [9.17, 15) is 15.0 Å². The maximum Gasteiger partial charge on any atom is 0.348 e. The molecule has 0 spiro atoms. The molecule has 0 atom stereocenters. The van der Waals surface area contributed by atoms with Gasteiger partial charge in [-0.1, -0.05) is 13.0 Å². The Balaban J connectivity index is 1.90. The second kappa shape index (κ2) is 6.53. The molecule has 3 N–H and O–H groups in total. The van der Waals surface area contributed by atoms with Crippen LogP contribution >= 0.6 is 0 Å². The van der Waals surface area contributed by atoms with Gasteiger partial charge >= 0.3 is 5.69 Å². The van der Waals surface area contributed by atoms with Crippen LogP contribution in [0.15, 0.2) is 65.7 Å². The van der Waals surface area contributed by atoms with E-state index in [4.69, 9.17) is 0 Å². The predicted octanol–water partition coefficient (Wildman–Crippen LogP) is 2.99. The van der Waals surface area contributed by atoms with E-state index in [1.165, 1.54) is 10.6 Å². The summed E-state index contributed by atoms with van der Waals surface area (Å²) in [4.78, 5) is 12.5. The second-order valence-electron chi connectivity index (χ2n) is 6.15. The Morgan fingerprint density at radius 3 is 2.48 bits per heavy atom. The molecule has 4 rings (SSSR count). The Morgan fingerprint density at radius 1 is 1.00 bits per heavy atom. The molecule has 7 nitrogen and oxygen atoms in total. The average molecular weight is 362 g/mol. The van der Waals surface area contributed by atoms with Crippen LogP contribution in [0.3, 0.4) is 0 Å². The third kappa shape index (κ3) is 2.89. The summed E-state index contributed by atoms with van der Waals surface area (Å²) in [5, 5.41) is 26.8. The molecule has 0 aliphatic rings. The molecule has 2 aromatic heterocycles. The van der Waals surface area contributed by atoms with Gasteiger partial charge in [0.1, 0.15) is 11.5 Å². The standard InChI is InChI=1S/C20H18N4O3/c1-2-13-10-16(18(26)12-17(13)25)19-21-22-20(27)24(19)15-7-5-6-14(11-15)23-8-3-4-9-23/h3-12,25-26H,2H2,1H3,(H,22,27). The minimum Gasteiger partial charge on any atom is -0.508 e. The fraction of sp³-hybridized carbons (Fsp3) is 0.100. The lowest BCUT2D eigenvalue weighted by Crippen LogP contribution is -2.16. The van der Waals surface area contributed by atoms with Crippen molar-refractivity contribution in [3.8, 4) is 34.3 Å². The molecule has 7 heteroatoms. The smallest absolute Gasteiger partial charge is 0.348 e. The summed E-state index contributed by atoms with van der Waals surface area (Å²) >= 11 is 0. The van der Waals surface area contributed by atoms with Crippen molar-refractivity contribution < 1.29 is 10.2 Å². The summed E-state index contributed by atoms with van der Waals surface area (Å²) in [6.07, 6.45) is 4.41. The van der Waals surface area contributed by atoms with Gasteiger partial charge in [-0.15, -0.1) is 0 Å². The quantitative estimate of drug-likeness (QED) is 0.520. The predicted molar refractivity (Wildman–Crippen MR) is 102 cm³/mol. The van der Waals surface area contributed by atoms with Gasteiger partial charge in [0.2, 0.25) is 0 Å². The number of nitrogens with zero attached hydrogens (tertiary/aromatic N) is 3. The number of rotatable bonds is 4. The minimum absolute atomic E-state index is 0.0118. The number of H-pyrrole nitrogens is 1. The van der Waals surface area contributed by atoms with Gasteiger partial charge in [0.05, 0.1) is 11.3 Å². The van der Waals surface area contributed by atoms with Gasteiger partial charge in [-0.25, -0.2) is 14.5 Å². The molecule has 0 unspecified atom stereocenters. The van der Waals surface area contributed by atoms with Gasteiger partial charge in [0, 0.05) is 24.1 Å². The molecule has 2 heterocycles.